The molecule has 3 aromatic rings. The van der Waals surface area contributed by atoms with Crippen molar-refractivity contribution in [2.75, 3.05) is 0 Å². The Morgan fingerprint density at radius 2 is 1.81 bits per heavy atom. The average Bonchev–Trinajstić information content (AvgIpc) is 3.08. The number of nitrogens with zero attached hydrogens (tertiary/aromatic N) is 5. The molecule has 1 saturated carbocycles. The maximum Gasteiger partial charge on any atom is 0.416 e. The molecule has 1 aromatic carbocycles. The van der Waals surface area contributed by atoms with Gasteiger partial charge in [0.25, 0.3) is 17.8 Å². The van der Waals surface area contributed by atoms with Crippen molar-refractivity contribution in [1.29, 1.82) is 0 Å². The Morgan fingerprint density at radius 1 is 1.16 bits per heavy atom. The summed E-state index contributed by atoms with van der Waals surface area (Å²) in [5, 5.41) is 6.66. The molecule has 168 valence electrons. The Bertz CT molecular complexity index is 1160. The molecule has 1 fully saturated rings. The van der Waals surface area contributed by atoms with Crippen LogP contribution in [0.2, 0.25) is 0 Å². The molecule has 0 saturated heterocycles. The molecule has 2 heterocycles. The van der Waals surface area contributed by atoms with Gasteiger partial charge >= 0.3 is 6.18 Å². The molecule has 7 nitrogen and oxygen atoms in total. The lowest BCUT2D eigenvalue weighted by Gasteiger charge is -2.17. The quantitative estimate of drug-likeness (QED) is 0.595. The number of halogens is 5. The van der Waals surface area contributed by atoms with E-state index in [9.17, 15) is 26.7 Å². The van der Waals surface area contributed by atoms with Crippen molar-refractivity contribution in [2.24, 2.45) is 0 Å². The largest absolute Gasteiger partial charge is 0.416 e. The Kier molecular flexibility index (Phi) is 4.98. The van der Waals surface area contributed by atoms with E-state index in [2.05, 4.69) is 25.4 Å². The summed E-state index contributed by atoms with van der Waals surface area (Å²) >= 11 is 0. The normalized spacial score (nSPS) is 20.6. The van der Waals surface area contributed by atoms with Crippen LogP contribution >= 0.6 is 0 Å². The topological polar surface area (TPSA) is 85.6 Å². The molecular formula is C20H17F5N6O. The molecule has 1 aliphatic carbocycles. The van der Waals surface area contributed by atoms with E-state index < -0.39 is 41.4 Å². The van der Waals surface area contributed by atoms with Crippen molar-refractivity contribution >= 4 is 5.91 Å². The summed E-state index contributed by atoms with van der Waals surface area (Å²) in [4.78, 5) is 24.8. The number of benzene rings is 1. The minimum atomic E-state index is -4.80. The number of alkyl halides is 5. The van der Waals surface area contributed by atoms with Crippen molar-refractivity contribution in [3.05, 3.63) is 65.5 Å². The predicted molar refractivity (Wildman–Crippen MR) is 101 cm³/mol. The highest BCUT2D eigenvalue weighted by Crippen LogP contribution is 2.61. The fourth-order valence-electron chi connectivity index (χ4n) is 3.28. The van der Waals surface area contributed by atoms with Gasteiger partial charge in [0.2, 0.25) is 0 Å². The fraction of sp³-hybridized carbons (Fsp3) is 0.350. The van der Waals surface area contributed by atoms with Crippen molar-refractivity contribution in [3.63, 3.8) is 0 Å². The Labute approximate surface area is 178 Å². The van der Waals surface area contributed by atoms with E-state index >= 15 is 0 Å². The molecule has 0 bridgehead atoms. The molecule has 2 unspecified atom stereocenters. The first-order valence-corrected chi connectivity index (χ1v) is 9.51. The van der Waals surface area contributed by atoms with Gasteiger partial charge in [-0.05, 0) is 43.7 Å². The lowest BCUT2D eigenvalue weighted by Crippen LogP contribution is -2.28. The Balaban J connectivity index is 1.59. The van der Waals surface area contributed by atoms with E-state index in [1.54, 1.807) is 6.07 Å². The van der Waals surface area contributed by atoms with E-state index in [-0.39, 0.29) is 22.9 Å². The van der Waals surface area contributed by atoms with E-state index in [1.165, 1.54) is 37.3 Å². The Morgan fingerprint density at radius 3 is 2.41 bits per heavy atom. The summed E-state index contributed by atoms with van der Waals surface area (Å²) < 4.78 is 68.9. The molecule has 0 aliphatic heterocycles. The predicted octanol–water partition coefficient (Wildman–Crippen LogP) is 3.86. The molecular weight excluding hydrogens is 435 g/mol. The van der Waals surface area contributed by atoms with Gasteiger partial charge in [-0.3, -0.25) is 4.79 Å². The monoisotopic (exact) mass is 452 g/mol. The van der Waals surface area contributed by atoms with Gasteiger partial charge in [-0.15, -0.1) is 5.10 Å². The molecule has 1 N–H and O–H groups in total. The highest BCUT2D eigenvalue weighted by Gasteiger charge is 2.68. The second-order valence-electron chi connectivity index (χ2n) is 7.80. The summed E-state index contributed by atoms with van der Waals surface area (Å²) in [6.45, 7) is 2.71. The SMILES string of the molecule is CC(NC(=O)c1cc(C(F)(F)F)cc(C2(C)CC2(F)F)c1)c1ncn(-c2ncccn2)n1. The van der Waals surface area contributed by atoms with Crippen LogP contribution in [0.15, 0.2) is 43.0 Å². The van der Waals surface area contributed by atoms with Crippen molar-refractivity contribution in [1.82, 2.24) is 30.0 Å². The van der Waals surface area contributed by atoms with Crippen LogP contribution in [0.5, 0.6) is 0 Å². The van der Waals surface area contributed by atoms with Crippen LogP contribution in [-0.2, 0) is 11.6 Å². The number of rotatable bonds is 5. The van der Waals surface area contributed by atoms with Crippen LogP contribution in [0.25, 0.3) is 5.95 Å². The molecule has 2 atom stereocenters. The maximum atomic E-state index is 13.8. The van der Waals surface area contributed by atoms with Crippen LogP contribution in [0.1, 0.15) is 53.6 Å². The first-order chi connectivity index (χ1) is 14.9. The lowest BCUT2D eigenvalue weighted by atomic mass is 9.93. The van der Waals surface area contributed by atoms with Crippen LogP contribution in [-0.4, -0.2) is 36.6 Å². The summed E-state index contributed by atoms with van der Waals surface area (Å²) in [6, 6.07) is 3.21. The summed E-state index contributed by atoms with van der Waals surface area (Å²) in [5.74, 6) is -3.59. The molecule has 4 rings (SSSR count). The first kappa shape index (κ1) is 21.8. The standard InChI is InChI=1S/C20H17F5N6O/c1-11(15-28-10-31(30-15)17-26-4-3-5-27-17)29-16(32)12-6-13(18(2)9-19(18,21)22)8-14(7-12)20(23,24)25/h3-8,10-11H,9H2,1-2H3,(H,29,32). The highest BCUT2D eigenvalue weighted by molar-refractivity contribution is 5.95. The summed E-state index contributed by atoms with van der Waals surface area (Å²) in [6.07, 6.45) is -1.05. The number of carbonyl (C=O) groups is 1. The van der Waals surface area contributed by atoms with Gasteiger partial charge in [0.15, 0.2) is 5.82 Å². The fourth-order valence-corrected chi connectivity index (χ4v) is 3.28. The first-order valence-electron chi connectivity index (χ1n) is 9.51. The maximum absolute atomic E-state index is 13.8. The van der Waals surface area contributed by atoms with E-state index in [4.69, 9.17) is 0 Å². The number of aromatic nitrogens is 5. The second kappa shape index (κ2) is 7.31. The summed E-state index contributed by atoms with van der Waals surface area (Å²) in [7, 11) is 0. The van der Waals surface area contributed by atoms with Gasteiger partial charge in [-0.1, -0.05) is 0 Å². The van der Waals surface area contributed by atoms with Gasteiger partial charge in [-0.25, -0.2) is 23.7 Å². The molecule has 0 spiro atoms. The van der Waals surface area contributed by atoms with E-state index in [0.717, 1.165) is 6.07 Å². The molecule has 1 amide bonds. The smallest absolute Gasteiger partial charge is 0.342 e. The van der Waals surface area contributed by atoms with Gasteiger partial charge in [0.05, 0.1) is 17.0 Å². The molecule has 12 heteroatoms. The molecule has 2 aromatic heterocycles. The third-order valence-electron chi connectivity index (χ3n) is 5.42. The number of hydrogen-bond donors (Lipinski definition) is 1. The van der Waals surface area contributed by atoms with Crippen LogP contribution in [0, 0.1) is 0 Å². The molecule has 32 heavy (non-hydrogen) atoms. The third kappa shape index (κ3) is 3.92. The second-order valence-corrected chi connectivity index (χ2v) is 7.80. The average molecular weight is 452 g/mol. The van der Waals surface area contributed by atoms with Gasteiger partial charge in [0.1, 0.15) is 6.33 Å². The minimum absolute atomic E-state index is 0.165. The zero-order valence-electron chi connectivity index (χ0n) is 16.9. The summed E-state index contributed by atoms with van der Waals surface area (Å²) in [5.41, 5.74) is -3.53. The van der Waals surface area contributed by atoms with Crippen molar-refractivity contribution in [3.8, 4) is 5.95 Å². The third-order valence-corrected chi connectivity index (χ3v) is 5.42. The number of carbonyl (C=O) groups excluding carboxylic acids is 1. The van der Waals surface area contributed by atoms with Crippen molar-refractivity contribution < 1.29 is 26.7 Å². The molecule has 0 radical (unpaired) electrons. The number of amides is 1. The lowest BCUT2D eigenvalue weighted by molar-refractivity contribution is -0.137. The Hall–Kier alpha value is -3.44. The zero-order valence-corrected chi connectivity index (χ0v) is 16.9. The van der Waals surface area contributed by atoms with Crippen LogP contribution < -0.4 is 5.32 Å². The number of nitrogens with one attached hydrogen (secondary N) is 1. The zero-order chi connectivity index (χ0) is 23.3. The minimum Gasteiger partial charge on any atom is -0.342 e. The van der Waals surface area contributed by atoms with Gasteiger partial charge in [0, 0.05) is 24.4 Å². The van der Waals surface area contributed by atoms with Crippen molar-refractivity contribution in [2.45, 2.75) is 43.8 Å². The van der Waals surface area contributed by atoms with Crippen LogP contribution in [0.4, 0.5) is 22.0 Å². The number of hydrogen-bond acceptors (Lipinski definition) is 5. The van der Waals surface area contributed by atoms with Gasteiger partial charge in [-0.2, -0.15) is 17.9 Å². The van der Waals surface area contributed by atoms with E-state index in [0.29, 0.717) is 12.1 Å². The highest BCUT2D eigenvalue weighted by atomic mass is 19.4. The van der Waals surface area contributed by atoms with E-state index in [1.807, 2.05) is 0 Å². The van der Waals surface area contributed by atoms with Crippen LogP contribution in [0.3, 0.4) is 0 Å². The molecule has 1 aliphatic rings. The van der Waals surface area contributed by atoms with Gasteiger partial charge < -0.3 is 5.32 Å².